The van der Waals surface area contributed by atoms with Gasteiger partial charge in [-0.25, -0.2) is 0 Å². The number of fused-ring (bicyclic) bond motifs is 1. The van der Waals surface area contributed by atoms with Crippen molar-refractivity contribution in [1.82, 2.24) is 15.5 Å². The Morgan fingerprint density at radius 1 is 0.969 bits per heavy atom. The lowest BCUT2D eigenvalue weighted by molar-refractivity contribution is -0.150. The molecule has 5 aliphatic rings. The van der Waals surface area contributed by atoms with E-state index in [0.29, 0.717) is 0 Å². The Balaban J connectivity index is 1.50. The van der Waals surface area contributed by atoms with Gasteiger partial charge in [0.2, 0.25) is 17.7 Å². The molecule has 2 bridgehead atoms. The fourth-order valence-corrected chi connectivity index (χ4v) is 6.96. The van der Waals surface area contributed by atoms with Crippen LogP contribution in [0.5, 0.6) is 0 Å². The van der Waals surface area contributed by atoms with E-state index >= 15 is 0 Å². The van der Waals surface area contributed by atoms with Gasteiger partial charge >= 0.3 is 0 Å². The van der Waals surface area contributed by atoms with Gasteiger partial charge in [0.15, 0.2) is 0 Å². The molecular weight excluding hydrogens is 406 g/mol. The van der Waals surface area contributed by atoms with Gasteiger partial charge in [0.05, 0.1) is 17.4 Å². The third-order valence-electron chi connectivity index (χ3n) is 8.35. The highest BCUT2D eigenvalue weighted by Gasteiger charge is 2.77. The molecule has 5 rings (SSSR count). The molecule has 2 aliphatic carbocycles. The van der Waals surface area contributed by atoms with E-state index in [9.17, 15) is 14.4 Å². The van der Waals surface area contributed by atoms with Crippen LogP contribution in [0.1, 0.15) is 79.1 Å². The Kier molecular flexibility index (Phi) is 5.01. The Labute approximate surface area is 190 Å². The van der Waals surface area contributed by atoms with Gasteiger partial charge in [-0.1, -0.05) is 37.8 Å². The summed E-state index contributed by atoms with van der Waals surface area (Å²) in [5.74, 6) is -1.74. The molecule has 1 spiro atoms. The molecule has 0 radical (unpaired) electrons. The number of nitrogens with one attached hydrogen (secondary N) is 2. The first-order valence-corrected chi connectivity index (χ1v) is 12.4. The zero-order valence-electron chi connectivity index (χ0n) is 19.8. The summed E-state index contributed by atoms with van der Waals surface area (Å²) < 4.78 is 6.57. The maximum absolute atomic E-state index is 13.9. The van der Waals surface area contributed by atoms with Gasteiger partial charge in [-0.3, -0.25) is 14.4 Å². The molecule has 32 heavy (non-hydrogen) atoms. The molecule has 7 nitrogen and oxygen atoms in total. The average Bonchev–Trinajstić information content (AvgIpc) is 3.48. The number of carbonyl (C=O) groups excluding carboxylic acids is 3. The lowest BCUT2D eigenvalue weighted by Gasteiger charge is -2.40. The summed E-state index contributed by atoms with van der Waals surface area (Å²) in [5.41, 5.74) is -2.55. The van der Waals surface area contributed by atoms with Crippen LogP contribution < -0.4 is 10.6 Å². The van der Waals surface area contributed by atoms with E-state index in [1.807, 2.05) is 39.8 Å². The van der Waals surface area contributed by atoms with Gasteiger partial charge in [0, 0.05) is 17.6 Å². The minimum Gasteiger partial charge on any atom is -0.356 e. The summed E-state index contributed by atoms with van der Waals surface area (Å²) in [6, 6.07) is -0.459. The highest BCUT2D eigenvalue weighted by Crippen LogP contribution is 2.60. The Bertz CT molecular complexity index is 852. The fraction of sp³-hybridized carbons (Fsp3) is 0.800. The molecule has 3 heterocycles. The highest BCUT2D eigenvalue weighted by molar-refractivity contribution is 6.00. The number of ether oxygens (including phenoxy) is 1. The summed E-state index contributed by atoms with van der Waals surface area (Å²) in [6.07, 6.45) is 12.2. The quantitative estimate of drug-likeness (QED) is 0.654. The first kappa shape index (κ1) is 21.9. The summed E-state index contributed by atoms with van der Waals surface area (Å²) in [7, 11) is 0. The molecule has 2 saturated heterocycles. The number of rotatable bonds is 4. The second-order valence-electron chi connectivity index (χ2n) is 11.7. The van der Waals surface area contributed by atoms with Gasteiger partial charge in [-0.05, 0) is 53.4 Å². The van der Waals surface area contributed by atoms with Crippen molar-refractivity contribution in [2.75, 3.05) is 0 Å². The predicted octanol–water partition coefficient (Wildman–Crippen LogP) is 2.44. The van der Waals surface area contributed by atoms with Crippen LogP contribution in [0.4, 0.5) is 0 Å². The van der Waals surface area contributed by atoms with E-state index in [1.165, 1.54) is 0 Å². The van der Waals surface area contributed by atoms with Gasteiger partial charge in [-0.15, -0.1) is 0 Å². The van der Waals surface area contributed by atoms with Crippen molar-refractivity contribution in [2.24, 2.45) is 11.8 Å². The van der Waals surface area contributed by atoms with Crippen molar-refractivity contribution in [3.05, 3.63) is 12.2 Å². The van der Waals surface area contributed by atoms with E-state index < -0.39 is 34.6 Å². The van der Waals surface area contributed by atoms with Crippen LogP contribution in [0.3, 0.4) is 0 Å². The maximum atomic E-state index is 13.9. The minimum absolute atomic E-state index is 0.116. The molecule has 5 atom stereocenters. The minimum atomic E-state index is -1.10. The van der Waals surface area contributed by atoms with Crippen LogP contribution in [-0.2, 0) is 19.1 Å². The van der Waals surface area contributed by atoms with E-state index in [-0.39, 0.29) is 29.8 Å². The Hall–Kier alpha value is -1.89. The van der Waals surface area contributed by atoms with E-state index in [1.54, 1.807) is 4.90 Å². The lowest BCUT2D eigenvalue weighted by atomic mass is 9.70. The number of hydrogen-bond acceptors (Lipinski definition) is 4. The molecule has 3 aliphatic heterocycles. The number of likely N-dealkylation sites (tertiary alicyclic amines) is 1. The number of nitrogens with zero attached hydrogens (tertiary/aromatic N) is 1. The van der Waals surface area contributed by atoms with Crippen LogP contribution in [-0.4, -0.2) is 57.5 Å². The Morgan fingerprint density at radius 3 is 2.03 bits per heavy atom. The predicted molar refractivity (Wildman–Crippen MR) is 120 cm³/mol. The molecule has 2 N–H and O–H groups in total. The molecule has 7 heteroatoms. The third-order valence-corrected chi connectivity index (χ3v) is 8.35. The molecular formula is C25H37N3O4. The monoisotopic (exact) mass is 443 g/mol. The fourth-order valence-electron chi connectivity index (χ4n) is 6.96. The largest absolute Gasteiger partial charge is 0.356 e. The first-order valence-electron chi connectivity index (χ1n) is 12.4. The lowest BCUT2D eigenvalue weighted by Crippen LogP contribution is -2.60. The maximum Gasteiger partial charge on any atom is 0.246 e. The standard InChI is InChI=1S/C25H37N3O4/c1-23(2,3)28-19(21(30)27-16-11-7-8-12-16)25-14-13-24(4,32-25)17(18(25)22(28)31)20(29)26-15-9-5-6-10-15/h13-19H,5-12H2,1-4H3,(H,26,29)(H,27,30)/t17-,18+,19-,24-,25+/m1/s1. The SMILES string of the molecule is CC(C)(C)N1C(=O)[C@@H]2[C@H](C(=O)NC3CCCC3)[C@@]3(C)C=C[C@@]2(O3)[C@H]1C(=O)NC1CCCC1. The third kappa shape index (κ3) is 3.14. The van der Waals surface area contributed by atoms with Gasteiger partial charge in [-0.2, -0.15) is 0 Å². The first-order chi connectivity index (χ1) is 15.1. The summed E-state index contributed by atoms with van der Waals surface area (Å²) in [6.45, 7) is 7.73. The second kappa shape index (κ2) is 7.31. The highest BCUT2D eigenvalue weighted by atomic mass is 16.5. The zero-order valence-corrected chi connectivity index (χ0v) is 19.8. The topological polar surface area (TPSA) is 87.7 Å². The molecule has 3 amide bonds. The van der Waals surface area contributed by atoms with Crippen molar-refractivity contribution in [2.45, 2.75) is 114 Å². The number of amides is 3. The molecule has 0 aromatic carbocycles. The summed E-state index contributed by atoms with van der Waals surface area (Å²) in [5, 5.41) is 6.39. The molecule has 176 valence electrons. The van der Waals surface area contributed by atoms with Crippen LogP contribution in [0, 0.1) is 11.8 Å². The Morgan fingerprint density at radius 2 is 1.50 bits per heavy atom. The van der Waals surface area contributed by atoms with Crippen molar-refractivity contribution in [3.63, 3.8) is 0 Å². The smallest absolute Gasteiger partial charge is 0.246 e. The number of carbonyl (C=O) groups is 3. The molecule has 2 saturated carbocycles. The van der Waals surface area contributed by atoms with Gasteiger partial charge in [0.25, 0.3) is 0 Å². The van der Waals surface area contributed by atoms with E-state index in [0.717, 1.165) is 51.4 Å². The zero-order chi connectivity index (χ0) is 22.9. The molecule has 0 aromatic rings. The van der Waals surface area contributed by atoms with Crippen LogP contribution in [0.25, 0.3) is 0 Å². The molecule has 0 unspecified atom stereocenters. The van der Waals surface area contributed by atoms with Crippen molar-refractivity contribution in [3.8, 4) is 0 Å². The number of hydrogen-bond donors (Lipinski definition) is 2. The normalized spacial score (nSPS) is 39.2. The average molecular weight is 444 g/mol. The summed E-state index contributed by atoms with van der Waals surface area (Å²) in [4.78, 5) is 42.8. The van der Waals surface area contributed by atoms with Gasteiger partial charge < -0.3 is 20.3 Å². The molecule has 0 aromatic heterocycles. The van der Waals surface area contributed by atoms with Gasteiger partial charge in [0.1, 0.15) is 11.6 Å². The summed E-state index contributed by atoms with van der Waals surface area (Å²) >= 11 is 0. The van der Waals surface area contributed by atoms with Crippen LogP contribution >= 0.6 is 0 Å². The van der Waals surface area contributed by atoms with Crippen molar-refractivity contribution in [1.29, 1.82) is 0 Å². The molecule has 4 fully saturated rings. The van der Waals surface area contributed by atoms with Crippen molar-refractivity contribution >= 4 is 17.7 Å². The van der Waals surface area contributed by atoms with Crippen LogP contribution in [0.15, 0.2) is 12.2 Å². The van der Waals surface area contributed by atoms with Crippen molar-refractivity contribution < 1.29 is 19.1 Å². The second-order valence-corrected chi connectivity index (χ2v) is 11.7. The van der Waals surface area contributed by atoms with E-state index in [4.69, 9.17) is 4.74 Å². The van der Waals surface area contributed by atoms with Crippen LogP contribution in [0.2, 0.25) is 0 Å². The van der Waals surface area contributed by atoms with E-state index in [2.05, 4.69) is 10.6 Å².